The molecule has 10 nitrogen and oxygen atoms in total. The fourth-order valence-electron chi connectivity index (χ4n) is 5.65. The van der Waals surface area contributed by atoms with Gasteiger partial charge in [0, 0.05) is 59.9 Å². The third-order valence-corrected chi connectivity index (χ3v) is 11.5. The average Bonchev–Trinajstić information content (AvgIpc) is 3.22. The number of ether oxygens (including phenoxy) is 1. The largest absolute Gasteiger partial charge is 0.481 e. The summed E-state index contributed by atoms with van der Waals surface area (Å²) in [5, 5.41) is -0.271. The third-order valence-electron chi connectivity index (χ3n) is 7.79. The average molecular weight is 608 g/mol. The normalized spacial score (nSPS) is 17.9. The molecule has 0 spiro atoms. The van der Waals surface area contributed by atoms with E-state index in [0.29, 0.717) is 30.9 Å². The van der Waals surface area contributed by atoms with E-state index in [-0.39, 0.29) is 16.9 Å². The van der Waals surface area contributed by atoms with Crippen molar-refractivity contribution in [1.29, 1.82) is 0 Å². The first-order chi connectivity index (χ1) is 18.9. The molecule has 3 aromatic rings. The van der Waals surface area contributed by atoms with E-state index in [1.54, 1.807) is 17.5 Å². The van der Waals surface area contributed by atoms with E-state index in [0.717, 1.165) is 70.9 Å². The maximum atomic E-state index is 12.2. The Kier molecular flexibility index (Phi) is 8.38. The SMILES string of the molecule is COc1ncc(-c2nc(N3CCCCC3)nc3c(CN4CCC(S(C)(=O)=O)CC4)c(C)sc23)cc1CS(C)(=O)=O. The number of fused-ring (bicyclic) bond motifs is 1. The molecule has 3 aromatic heterocycles. The Hall–Kier alpha value is -2.35. The zero-order valence-electron chi connectivity index (χ0n) is 23.5. The van der Waals surface area contributed by atoms with Gasteiger partial charge < -0.3 is 9.64 Å². The van der Waals surface area contributed by atoms with Gasteiger partial charge in [-0.3, -0.25) is 4.90 Å². The van der Waals surface area contributed by atoms with Crippen molar-refractivity contribution in [3.05, 3.63) is 28.3 Å². The molecule has 2 saturated heterocycles. The van der Waals surface area contributed by atoms with Crippen LogP contribution in [0.1, 0.15) is 48.1 Å². The number of rotatable bonds is 8. The van der Waals surface area contributed by atoms with E-state index < -0.39 is 19.7 Å². The lowest BCUT2D eigenvalue weighted by atomic mass is 10.1. The Bertz CT molecular complexity index is 1610. The number of pyridine rings is 1. The van der Waals surface area contributed by atoms with Crippen molar-refractivity contribution in [1.82, 2.24) is 19.9 Å². The predicted molar refractivity (Wildman–Crippen MR) is 160 cm³/mol. The van der Waals surface area contributed by atoms with Gasteiger partial charge in [-0.25, -0.2) is 31.8 Å². The number of nitrogens with zero attached hydrogens (tertiary/aromatic N) is 5. The van der Waals surface area contributed by atoms with Crippen LogP contribution in [0.4, 0.5) is 5.95 Å². The highest BCUT2D eigenvalue weighted by atomic mass is 32.2. The number of anilines is 1. The summed E-state index contributed by atoms with van der Waals surface area (Å²) in [5.41, 5.74) is 4.00. The van der Waals surface area contributed by atoms with Gasteiger partial charge in [-0.05, 0) is 58.2 Å². The Morgan fingerprint density at radius 3 is 2.35 bits per heavy atom. The minimum atomic E-state index is -3.31. The summed E-state index contributed by atoms with van der Waals surface area (Å²) >= 11 is 1.63. The summed E-state index contributed by atoms with van der Waals surface area (Å²) in [4.78, 5) is 20.3. The van der Waals surface area contributed by atoms with E-state index in [9.17, 15) is 16.8 Å². The van der Waals surface area contributed by atoms with Crippen LogP contribution >= 0.6 is 11.3 Å². The number of aromatic nitrogens is 3. The summed E-state index contributed by atoms with van der Waals surface area (Å²) in [6, 6.07) is 1.82. The van der Waals surface area contributed by atoms with Crippen molar-refractivity contribution in [2.45, 2.75) is 56.6 Å². The predicted octanol–water partition coefficient (Wildman–Crippen LogP) is 3.61. The number of piperidine rings is 2. The molecule has 2 aliphatic rings. The molecular weight excluding hydrogens is 571 g/mol. The summed E-state index contributed by atoms with van der Waals surface area (Å²) < 4.78 is 54.7. The van der Waals surface area contributed by atoms with Crippen molar-refractivity contribution in [3.63, 3.8) is 0 Å². The van der Waals surface area contributed by atoms with Crippen molar-refractivity contribution >= 4 is 47.2 Å². The molecule has 13 heteroatoms. The molecule has 2 fully saturated rings. The van der Waals surface area contributed by atoms with Gasteiger partial charge >= 0.3 is 0 Å². The molecule has 0 radical (unpaired) electrons. The minimum Gasteiger partial charge on any atom is -0.481 e. The Morgan fingerprint density at radius 1 is 1.02 bits per heavy atom. The molecule has 5 heterocycles. The third kappa shape index (κ3) is 6.42. The van der Waals surface area contributed by atoms with Crippen LogP contribution in [0.3, 0.4) is 0 Å². The van der Waals surface area contributed by atoms with Crippen LogP contribution in [0.2, 0.25) is 0 Å². The number of hydrogen-bond acceptors (Lipinski definition) is 11. The van der Waals surface area contributed by atoms with E-state index in [1.165, 1.54) is 26.0 Å². The quantitative estimate of drug-likeness (QED) is 0.375. The van der Waals surface area contributed by atoms with Crippen LogP contribution in [0.15, 0.2) is 12.3 Å². The molecule has 0 unspecified atom stereocenters. The Labute approximate surface area is 240 Å². The number of sulfone groups is 2. The van der Waals surface area contributed by atoms with Crippen molar-refractivity contribution in [3.8, 4) is 17.1 Å². The number of hydrogen-bond donors (Lipinski definition) is 0. The van der Waals surface area contributed by atoms with E-state index in [1.807, 2.05) is 6.07 Å². The minimum absolute atomic E-state index is 0.178. The van der Waals surface area contributed by atoms with E-state index in [2.05, 4.69) is 21.7 Å². The van der Waals surface area contributed by atoms with Crippen LogP contribution in [0.25, 0.3) is 21.5 Å². The van der Waals surface area contributed by atoms with Crippen LogP contribution in [-0.2, 0) is 32.0 Å². The zero-order valence-corrected chi connectivity index (χ0v) is 26.0. The highest BCUT2D eigenvalue weighted by molar-refractivity contribution is 7.91. The molecule has 2 aliphatic heterocycles. The molecule has 0 aliphatic carbocycles. The van der Waals surface area contributed by atoms with Crippen molar-refractivity contribution in [2.24, 2.45) is 0 Å². The summed E-state index contributed by atoms with van der Waals surface area (Å²) in [6.45, 7) is 6.02. The smallest absolute Gasteiger partial charge is 0.226 e. The number of likely N-dealkylation sites (tertiary alicyclic amines) is 1. The van der Waals surface area contributed by atoms with Crippen molar-refractivity contribution in [2.75, 3.05) is 50.7 Å². The van der Waals surface area contributed by atoms with Crippen LogP contribution in [-0.4, -0.2) is 87.7 Å². The van der Waals surface area contributed by atoms with E-state index >= 15 is 0 Å². The van der Waals surface area contributed by atoms with Crippen LogP contribution in [0, 0.1) is 6.92 Å². The lowest BCUT2D eigenvalue weighted by Crippen LogP contribution is -2.38. The van der Waals surface area contributed by atoms with Crippen molar-refractivity contribution < 1.29 is 21.6 Å². The summed E-state index contributed by atoms with van der Waals surface area (Å²) in [7, 11) is -4.86. The second kappa shape index (κ2) is 11.5. The molecule has 218 valence electrons. The first kappa shape index (κ1) is 29.2. The molecular formula is C27H37N5O5S3. The number of methoxy groups -OCH3 is 1. The number of thiophene rings is 1. The fraction of sp³-hybridized carbons (Fsp3) is 0.593. The van der Waals surface area contributed by atoms with Gasteiger partial charge in [-0.2, -0.15) is 0 Å². The molecule has 40 heavy (non-hydrogen) atoms. The second-order valence-corrected chi connectivity index (χ2v) is 16.7. The van der Waals surface area contributed by atoms with Crippen LogP contribution < -0.4 is 9.64 Å². The molecule has 0 N–H and O–H groups in total. The Balaban J connectivity index is 1.58. The van der Waals surface area contributed by atoms with E-state index in [4.69, 9.17) is 14.7 Å². The first-order valence-electron chi connectivity index (χ1n) is 13.6. The summed E-state index contributed by atoms with van der Waals surface area (Å²) in [6.07, 6.45) is 8.87. The van der Waals surface area contributed by atoms with Gasteiger partial charge in [0.05, 0.1) is 34.0 Å². The maximum absolute atomic E-state index is 12.2. The fourth-order valence-corrected chi connectivity index (χ4v) is 8.61. The second-order valence-electron chi connectivity index (χ2n) is 11.0. The molecule has 0 aromatic carbocycles. The van der Waals surface area contributed by atoms with Gasteiger partial charge in [0.2, 0.25) is 11.8 Å². The summed E-state index contributed by atoms with van der Waals surface area (Å²) in [5.74, 6) is 0.788. The zero-order chi connectivity index (χ0) is 28.7. The molecule has 0 atom stereocenters. The van der Waals surface area contributed by atoms with Gasteiger partial charge in [0.1, 0.15) is 9.84 Å². The van der Waals surface area contributed by atoms with Gasteiger partial charge in [-0.15, -0.1) is 11.3 Å². The highest BCUT2D eigenvalue weighted by Crippen LogP contribution is 2.39. The van der Waals surface area contributed by atoms with Gasteiger partial charge in [0.15, 0.2) is 9.84 Å². The molecule has 0 saturated carbocycles. The molecule has 0 bridgehead atoms. The maximum Gasteiger partial charge on any atom is 0.226 e. The first-order valence-corrected chi connectivity index (χ1v) is 18.4. The highest BCUT2D eigenvalue weighted by Gasteiger charge is 2.28. The molecule has 0 amide bonds. The van der Waals surface area contributed by atoms with Crippen LogP contribution in [0.5, 0.6) is 5.88 Å². The topological polar surface area (TPSA) is 123 Å². The van der Waals surface area contributed by atoms with Gasteiger partial charge in [-0.1, -0.05) is 0 Å². The number of aryl methyl sites for hydroxylation is 1. The van der Waals surface area contributed by atoms with Gasteiger partial charge in [0.25, 0.3) is 0 Å². The molecule has 5 rings (SSSR count). The Morgan fingerprint density at radius 2 is 1.73 bits per heavy atom. The lowest BCUT2D eigenvalue weighted by molar-refractivity contribution is 0.222. The monoisotopic (exact) mass is 607 g/mol. The standard InChI is InChI=1S/C27H37N5O5S3/c1-18-22(16-31-12-8-21(9-13-31)40(4,35)36)24-25(38-18)23(29-27(30-24)32-10-6-5-7-11-32)19-14-20(17-39(3,33)34)26(37-2)28-15-19/h14-15,21H,5-13,16-17H2,1-4H3. The lowest BCUT2D eigenvalue weighted by Gasteiger charge is -2.31.